The number of methoxy groups -OCH3 is 2. The Hall–Kier alpha value is -3.80. The van der Waals surface area contributed by atoms with Crippen LogP contribution < -0.4 is 0 Å². The van der Waals surface area contributed by atoms with Crippen molar-refractivity contribution in [2.45, 2.75) is 26.7 Å². The number of para-hydroxylation sites is 2. The number of hydrogen-bond acceptors (Lipinski definition) is 5. The second-order valence-electron chi connectivity index (χ2n) is 7.68. The summed E-state index contributed by atoms with van der Waals surface area (Å²) in [4.78, 5) is 26.0. The zero-order valence-electron chi connectivity index (χ0n) is 18.4. The molecule has 0 amide bonds. The second-order valence-corrected chi connectivity index (χ2v) is 7.68. The van der Waals surface area contributed by atoms with Gasteiger partial charge in [0.25, 0.3) is 0 Å². The van der Waals surface area contributed by atoms with Crippen LogP contribution in [0.5, 0.6) is 0 Å². The van der Waals surface area contributed by atoms with Gasteiger partial charge in [0.2, 0.25) is 0 Å². The van der Waals surface area contributed by atoms with E-state index in [4.69, 9.17) is 13.9 Å². The largest absolute Gasteiger partial charge is 0.465 e. The summed E-state index contributed by atoms with van der Waals surface area (Å²) in [5.41, 5.74) is 5.57. The molecule has 0 saturated carbocycles. The van der Waals surface area contributed by atoms with Crippen LogP contribution in [0.25, 0.3) is 38.5 Å². The fraction of sp³-hybridized carbons (Fsp3) is 0.231. The van der Waals surface area contributed by atoms with Crippen molar-refractivity contribution in [3.63, 3.8) is 0 Å². The van der Waals surface area contributed by atoms with Crippen LogP contribution in [0, 0.1) is 0 Å². The molecule has 6 heteroatoms. The summed E-state index contributed by atoms with van der Waals surface area (Å²) in [5, 5.41) is 2.25. The number of rotatable bonds is 4. The number of aromatic nitrogens is 1. The van der Waals surface area contributed by atoms with E-state index in [0.29, 0.717) is 35.1 Å². The second kappa shape index (κ2) is 7.41. The highest BCUT2D eigenvalue weighted by molar-refractivity contribution is 6.22. The monoisotopic (exact) mass is 429 g/mol. The van der Waals surface area contributed by atoms with Crippen LogP contribution in [-0.2, 0) is 22.3 Å². The summed E-state index contributed by atoms with van der Waals surface area (Å²) in [6.45, 7) is 4.01. The minimum atomic E-state index is -0.430. The van der Waals surface area contributed by atoms with Crippen LogP contribution in [0.15, 0.2) is 46.9 Å². The Morgan fingerprint density at radius 2 is 1.53 bits per heavy atom. The molecule has 0 unspecified atom stereocenters. The third kappa shape index (κ3) is 2.52. The summed E-state index contributed by atoms with van der Waals surface area (Å²) < 4.78 is 18.9. The maximum Gasteiger partial charge on any atom is 0.340 e. The number of hydrogen-bond donors (Lipinski definition) is 0. The van der Waals surface area contributed by atoms with Gasteiger partial charge in [-0.05, 0) is 30.4 Å². The Bertz CT molecular complexity index is 1500. The van der Waals surface area contributed by atoms with Crippen molar-refractivity contribution >= 4 is 44.8 Å². The van der Waals surface area contributed by atoms with Crippen LogP contribution in [0.1, 0.15) is 45.8 Å². The SMILES string of the molecule is CCc1c(C(=O)OC)c2cccc3c(C(=O)OC)c(CC)n4c5ccccc5oc1c-4c23. The first kappa shape index (κ1) is 20.1. The van der Waals surface area contributed by atoms with Gasteiger partial charge in [-0.15, -0.1) is 0 Å². The number of fused-ring (bicyclic) bond motifs is 2. The Morgan fingerprint density at radius 3 is 2.19 bits per heavy atom. The number of benzene rings is 3. The Labute approximate surface area is 184 Å². The van der Waals surface area contributed by atoms with Gasteiger partial charge >= 0.3 is 11.9 Å². The van der Waals surface area contributed by atoms with Gasteiger partial charge in [-0.2, -0.15) is 0 Å². The molecule has 0 aliphatic carbocycles. The molecule has 2 aliphatic heterocycles. The molecule has 0 bridgehead atoms. The van der Waals surface area contributed by atoms with E-state index < -0.39 is 11.9 Å². The molecule has 32 heavy (non-hydrogen) atoms. The Morgan fingerprint density at radius 1 is 0.875 bits per heavy atom. The third-order valence-corrected chi connectivity index (χ3v) is 6.20. The lowest BCUT2D eigenvalue weighted by Crippen LogP contribution is -2.19. The lowest BCUT2D eigenvalue weighted by Gasteiger charge is -2.27. The van der Waals surface area contributed by atoms with E-state index >= 15 is 0 Å². The van der Waals surface area contributed by atoms with Crippen molar-refractivity contribution in [2.24, 2.45) is 0 Å². The molecule has 5 rings (SSSR count). The van der Waals surface area contributed by atoms with Crippen molar-refractivity contribution in [1.82, 2.24) is 4.57 Å². The maximum atomic E-state index is 13.0. The lowest BCUT2D eigenvalue weighted by molar-refractivity contribution is 0.0593. The average Bonchev–Trinajstić information content (AvgIpc) is 2.84. The molecule has 3 aromatic rings. The van der Waals surface area contributed by atoms with Crippen LogP contribution in [-0.4, -0.2) is 30.7 Å². The molecule has 0 radical (unpaired) electrons. The lowest BCUT2D eigenvalue weighted by atomic mass is 9.89. The molecule has 162 valence electrons. The summed E-state index contributed by atoms with van der Waals surface area (Å²) in [6, 6.07) is 13.4. The minimum absolute atomic E-state index is 0.412. The maximum absolute atomic E-state index is 13.0. The fourth-order valence-electron chi connectivity index (χ4n) is 4.92. The van der Waals surface area contributed by atoms with Gasteiger partial charge in [-0.3, -0.25) is 0 Å². The molecule has 0 N–H and O–H groups in total. The van der Waals surface area contributed by atoms with E-state index in [2.05, 4.69) is 4.57 Å². The topological polar surface area (TPSA) is 70.7 Å². The summed E-state index contributed by atoms with van der Waals surface area (Å²) >= 11 is 0. The predicted octanol–water partition coefficient (Wildman–Crippen LogP) is 5.67. The summed E-state index contributed by atoms with van der Waals surface area (Å²) in [7, 11) is 2.76. The fourth-order valence-corrected chi connectivity index (χ4v) is 4.92. The van der Waals surface area contributed by atoms with E-state index in [0.717, 1.165) is 38.6 Å². The molecule has 0 spiro atoms. The van der Waals surface area contributed by atoms with Gasteiger partial charge in [0.15, 0.2) is 11.2 Å². The van der Waals surface area contributed by atoms with Crippen molar-refractivity contribution in [1.29, 1.82) is 0 Å². The molecular weight excluding hydrogens is 406 g/mol. The molecule has 0 aromatic heterocycles. The number of aryl methyl sites for hydroxylation is 1. The van der Waals surface area contributed by atoms with Crippen molar-refractivity contribution in [3.8, 4) is 5.69 Å². The molecule has 0 fully saturated rings. The van der Waals surface area contributed by atoms with Crippen LogP contribution >= 0.6 is 0 Å². The number of nitrogens with zero attached hydrogens (tertiary/aromatic N) is 1. The smallest absolute Gasteiger partial charge is 0.340 e. The zero-order valence-corrected chi connectivity index (χ0v) is 18.4. The summed E-state index contributed by atoms with van der Waals surface area (Å²) in [6.07, 6.45) is 1.19. The number of carbonyl (C=O) groups excluding carboxylic acids is 2. The molecule has 3 aromatic carbocycles. The van der Waals surface area contributed by atoms with Gasteiger partial charge in [0.05, 0.1) is 36.6 Å². The minimum Gasteiger partial charge on any atom is -0.465 e. The summed E-state index contributed by atoms with van der Waals surface area (Å²) in [5.74, 6) is -0.842. The molecule has 2 heterocycles. The number of pyridine rings is 1. The van der Waals surface area contributed by atoms with Gasteiger partial charge in [0, 0.05) is 22.0 Å². The molecular formula is C26H23NO5. The van der Waals surface area contributed by atoms with E-state index in [-0.39, 0.29) is 0 Å². The van der Waals surface area contributed by atoms with E-state index in [9.17, 15) is 9.59 Å². The molecule has 0 saturated heterocycles. The normalized spacial score (nSPS) is 11.6. The number of esters is 2. The van der Waals surface area contributed by atoms with Gasteiger partial charge in [0.1, 0.15) is 0 Å². The van der Waals surface area contributed by atoms with Gasteiger partial charge in [-0.1, -0.05) is 44.2 Å². The van der Waals surface area contributed by atoms with Crippen molar-refractivity contribution in [2.75, 3.05) is 14.2 Å². The zero-order chi connectivity index (χ0) is 22.6. The molecule has 6 nitrogen and oxygen atoms in total. The van der Waals surface area contributed by atoms with Crippen LogP contribution in [0.2, 0.25) is 0 Å². The highest BCUT2D eigenvalue weighted by Crippen LogP contribution is 2.44. The van der Waals surface area contributed by atoms with Crippen molar-refractivity contribution in [3.05, 3.63) is 64.8 Å². The third-order valence-electron chi connectivity index (χ3n) is 6.20. The Balaban J connectivity index is 2.21. The first-order chi connectivity index (χ1) is 15.6. The first-order valence-corrected chi connectivity index (χ1v) is 10.7. The highest BCUT2D eigenvalue weighted by atomic mass is 16.5. The number of carbonyl (C=O) groups is 2. The van der Waals surface area contributed by atoms with E-state index in [1.54, 1.807) is 0 Å². The van der Waals surface area contributed by atoms with E-state index in [1.165, 1.54) is 14.2 Å². The van der Waals surface area contributed by atoms with Gasteiger partial charge in [-0.25, -0.2) is 9.59 Å². The Kier molecular flexibility index (Phi) is 4.66. The molecule has 0 atom stereocenters. The quantitative estimate of drug-likeness (QED) is 0.209. The van der Waals surface area contributed by atoms with E-state index in [1.807, 2.05) is 56.3 Å². The van der Waals surface area contributed by atoms with Crippen LogP contribution in [0.3, 0.4) is 0 Å². The van der Waals surface area contributed by atoms with Gasteiger partial charge < -0.3 is 18.5 Å². The number of ether oxygens (including phenoxy) is 2. The highest BCUT2D eigenvalue weighted by Gasteiger charge is 2.31. The predicted molar refractivity (Wildman–Crippen MR) is 123 cm³/mol. The van der Waals surface area contributed by atoms with Crippen LogP contribution in [0.4, 0.5) is 0 Å². The average molecular weight is 429 g/mol. The standard InChI is InChI=1S/C26H23NO5/c1-5-14-21(25(28)30-3)15-10-9-11-16-20(15)23-24(14)32-19-13-8-7-12-18(19)27(23)17(6-2)22(16)26(29)31-4/h7-13H,5-6H2,1-4H3. The first-order valence-electron chi connectivity index (χ1n) is 10.7. The van der Waals surface area contributed by atoms with Crippen molar-refractivity contribution < 1.29 is 23.5 Å². The molecule has 2 aliphatic rings.